The van der Waals surface area contributed by atoms with Crippen LogP contribution in [0, 0.1) is 11.3 Å². The molecular weight excluding hydrogens is 218 g/mol. The van der Waals surface area contributed by atoms with Crippen LogP contribution in [0.2, 0.25) is 0 Å². The number of hydrogen-bond donors (Lipinski definition) is 1. The molecule has 1 N–H and O–H groups in total. The number of rotatable bonds is 3. The van der Waals surface area contributed by atoms with Crippen molar-refractivity contribution in [1.29, 1.82) is 5.26 Å². The lowest BCUT2D eigenvalue weighted by Crippen LogP contribution is -2.46. The minimum absolute atomic E-state index is 0.0599. The largest absolute Gasteiger partial charge is 0.350 e. The average molecular weight is 235 g/mol. The number of nitrogens with one attached hydrogen (secondary N) is 1. The summed E-state index contributed by atoms with van der Waals surface area (Å²) in [6, 6.07) is 1.98. The quantitative estimate of drug-likeness (QED) is 0.727. The summed E-state index contributed by atoms with van der Waals surface area (Å²) in [4.78, 5) is 24.4. The first-order chi connectivity index (χ1) is 8.17. The molecule has 5 nitrogen and oxygen atoms in total. The van der Waals surface area contributed by atoms with E-state index in [0.29, 0.717) is 13.1 Å². The van der Waals surface area contributed by atoms with Crippen LogP contribution in [0.3, 0.4) is 0 Å². The molecule has 0 unspecified atom stereocenters. The van der Waals surface area contributed by atoms with Gasteiger partial charge in [0.15, 0.2) is 0 Å². The summed E-state index contributed by atoms with van der Waals surface area (Å²) in [5, 5.41) is 11.3. The average Bonchev–Trinajstić information content (AvgIpc) is 2.30. The van der Waals surface area contributed by atoms with Gasteiger partial charge in [0.2, 0.25) is 11.8 Å². The molecule has 0 radical (unpaired) electrons. The second kappa shape index (κ2) is 6.69. The highest BCUT2D eigenvalue weighted by Crippen LogP contribution is 2.11. The number of amides is 2. The van der Waals surface area contributed by atoms with E-state index < -0.39 is 0 Å². The molecule has 92 valence electrons. The molecule has 1 heterocycles. The van der Waals surface area contributed by atoms with Gasteiger partial charge in [0.25, 0.3) is 0 Å². The second-order valence-corrected chi connectivity index (χ2v) is 4.00. The van der Waals surface area contributed by atoms with Gasteiger partial charge in [-0.2, -0.15) is 5.26 Å². The zero-order valence-corrected chi connectivity index (χ0v) is 9.98. The summed E-state index contributed by atoms with van der Waals surface area (Å²) in [5.74, 6) is -0.208. The third-order valence-corrected chi connectivity index (χ3v) is 2.74. The molecule has 1 aliphatic heterocycles. The second-order valence-electron chi connectivity index (χ2n) is 4.00. The monoisotopic (exact) mass is 235 g/mol. The molecule has 0 aliphatic carbocycles. The maximum Gasteiger partial charge on any atom is 0.243 e. The van der Waals surface area contributed by atoms with E-state index in [1.54, 1.807) is 17.9 Å². The first-order valence-electron chi connectivity index (χ1n) is 5.75. The standard InChI is InChI=1S/C12H17N3O2/c1-2-3-11(16)14-10-5-8-15(9-6-10)12(17)4-7-13/h2-3,10H,4-6,8-9H2,1H3,(H,14,16)/b3-2+. The lowest BCUT2D eigenvalue weighted by Gasteiger charge is -2.31. The lowest BCUT2D eigenvalue weighted by atomic mass is 10.0. The van der Waals surface area contributed by atoms with E-state index in [2.05, 4.69) is 5.32 Å². The van der Waals surface area contributed by atoms with Crippen LogP contribution in [0.5, 0.6) is 0 Å². The molecule has 0 aromatic rings. The first kappa shape index (κ1) is 13.2. The van der Waals surface area contributed by atoms with Gasteiger partial charge in [0.1, 0.15) is 6.42 Å². The van der Waals surface area contributed by atoms with E-state index in [-0.39, 0.29) is 24.3 Å². The first-order valence-corrected chi connectivity index (χ1v) is 5.75. The molecule has 17 heavy (non-hydrogen) atoms. The van der Waals surface area contributed by atoms with E-state index in [4.69, 9.17) is 5.26 Å². The van der Waals surface area contributed by atoms with Crippen molar-refractivity contribution in [2.45, 2.75) is 32.2 Å². The van der Waals surface area contributed by atoms with Crippen molar-refractivity contribution in [3.05, 3.63) is 12.2 Å². The summed E-state index contributed by atoms with van der Waals surface area (Å²) in [7, 11) is 0. The van der Waals surface area contributed by atoms with Crippen molar-refractivity contribution in [3.63, 3.8) is 0 Å². The number of carbonyl (C=O) groups is 2. The van der Waals surface area contributed by atoms with Crippen LogP contribution in [0.25, 0.3) is 0 Å². The Balaban J connectivity index is 2.33. The normalized spacial score (nSPS) is 16.8. The van der Waals surface area contributed by atoms with Crippen molar-refractivity contribution in [3.8, 4) is 6.07 Å². The predicted octanol–water partition coefficient (Wildman–Crippen LogP) is 0.583. The number of carbonyl (C=O) groups excluding carboxylic acids is 2. The minimum Gasteiger partial charge on any atom is -0.350 e. The minimum atomic E-state index is -0.120. The topological polar surface area (TPSA) is 73.2 Å². The molecule has 2 amide bonds. The van der Waals surface area contributed by atoms with Crippen LogP contribution < -0.4 is 5.32 Å². The Kier molecular flexibility index (Phi) is 5.21. The van der Waals surface area contributed by atoms with E-state index in [9.17, 15) is 9.59 Å². The highest BCUT2D eigenvalue weighted by atomic mass is 16.2. The van der Waals surface area contributed by atoms with Crippen molar-refractivity contribution in [2.24, 2.45) is 0 Å². The molecule has 0 aromatic carbocycles. The lowest BCUT2D eigenvalue weighted by molar-refractivity contribution is -0.131. The van der Waals surface area contributed by atoms with Gasteiger partial charge in [0.05, 0.1) is 6.07 Å². The smallest absolute Gasteiger partial charge is 0.243 e. The molecule has 1 rings (SSSR count). The van der Waals surface area contributed by atoms with Gasteiger partial charge in [-0.05, 0) is 25.8 Å². The van der Waals surface area contributed by atoms with Crippen LogP contribution in [-0.2, 0) is 9.59 Å². The molecular formula is C12H17N3O2. The molecule has 0 saturated carbocycles. The Morgan fingerprint density at radius 2 is 2.12 bits per heavy atom. The summed E-state index contributed by atoms with van der Waals surface area (Å²) < 4.78 is 0. The summed E-state index contributed by atoms with van der Waals surface area (Å²) in [6.07, 6.45) is 4.63. The van der Waals surface area contributed by atoms with Crippen molar-refractivity contribution in [2.75, 3.05) is 13.1 Å². The van der Waals surface area contributed by atoms with Gasteiger partial charge in [-0.3, -0.25) is 9.59 Å². The SMILES string of the molecule is C/C=C/C(=O)NC1CCN(C(=O)CC#N)CC1. The fourth-order valence-corrected chi connectivity index (χ4v) is 1.85. The van der Waals surface area contributed by atoms with Crippen molar-refractivity contribution < 1.29 is 9.59 Å². The Bertz CT molecular complexity index is 349. The van der Waals surface area contributed by atoms with Crippen LogP contribution in [0.15, 0.2) is 12.2 Å². The van der Waals surface area contributed by atoms with Crippen LogP contribution in [0.1, 0.15) is 26.2 Å². The summed E-state index contributed by atoms with van der Waals surface area (Å²) >= 11 is 0. The highest BCUT2D eigenvalue weighted by Gasteiger charge is 2.22. The fraction of sp³-hybridized carbons (Fsp3) is 0.583. The Morgan fingerprint density at radius 3 is 2.65 bits per heavy atom. The Labute approximate surface area is 101 Å². The third-order valence-electron chi connectivity index (χ3n) is 2.74. The molecule has 5 heteroatoms. The predicted molar refractivity (Wildman–Crippen MR) is 62.8 cm³/mol. The molecule has 0 spiro atoms. The van der Waals surface area contributed by atoms with E-state index >= 15 is 0 Å². The molecule has 1 aliphatic rings. The molecule has 0 bridgehead atoms. The Morgan fingerprint density at radius 1 is 1.47 bits per heavy atom. The van der Waals surface area contributed by atoms with Gasteiger partial charge < -0.3 is 10.2 Å². The van der Waals surface area contributed by atoms with E-state index in [1.807, 2.05) is 6.07 Å². The molecule has 0 aromatic heterocycles. The van der Waals surface area contributed by atoms with Gasteiger partial charge in [-0.15, -0.1) is 0 Å². The van der Waals surface area contributed by atoms with E-state index in [0.717, 1.165) is 12.8 Å². The number of piperidine rings is 1. The van der Waals surface area contributed by atoms with Crippen LogP contribution >= 0.6 is 0 Å². The zero-order chi connectivity index (χ0) is 12.7. The van der Waals surface area contributed by atoms with Crippen molar-refractivity contribution in [1.82, 2.24) is 10.2 Å². The highest BCUT2D eigenvalue weighted by molar-refractivity contribution is 5.87. The fourth-order valence-electron chi connectivity index (χ4n) is 1.85. The zero-order valence-electron chi connectivity index (χ0n) is 9.98. The number of nitriles is 1. The molecule has 0 atom stereocenters. The number of allylic oxidation sites excluding steroid dienone is 1. The Hall–Kier alpha value is -1.83. The summed E-state index contributed by atoms with van der Waals surface area (Å²) in [5.41, 5.74) is 0. The number of nitrogens with zero attached hydrogens (tertiary/aromatic N) is 2. The number of hydrogen-bond acceptors (Lipinski definition) is 3. The number of likely N-dealkylation sites (tertiary alicyclic amines) is 1. The van der Waals surface area contributed by atoms with E-state index in [1.165, 1.54) is 6.08 Å². The molecule has 1 saturated heterocycles. The van der Waals surface area contributed by atoms with Crippen molar-refractivity contribution >= 4 is 11.8 Å². The maximum absolute atomic E-state index is 11.4. The van der Waals surface area contributed by atoms with Gasteiger partial charge in [-0.1, -0.05) is 6.08 Å². The van der Waals surface area contributed by atoms with Crippen LogP contribution in [-0.4, -0.2) is 35.8 Å². The molecule has 1 fully saturated rings. The van der Waals surface area contributed by atoms with Gasteiger partial charge in [0, 0.05) is 19.1 Å². The summed E-state index contributed by atoms with van der Waals surface area (Å²) in [6.45, 7) is 3.02. The van der Waals surface area contributed by atoms with Gasteiger partial charge >= 0.3 is 0 Å². The van der Waals surface area contributed by atoms with Crippen LogP contribution in [0.4, 0.5) is 0 Å². The maximum atomic E-state index is 11.4. The van der Waals surface area contributed by atoms with Gasteiger partial charge in [-0.25, -0.2) is 0 Å². The third kappa shape index (κ3) is 4.27.